The standard InChI is InChI=1S/C23H22N2O9/c1-33-15-9-10-16(17(12-15)34-2)20-19(21(28)13-5-7-14(8-6-13)25(31)32)22(29)23(30)24(20)11-3-4-18(26)27/h5-10,12,20,28H,3-4,11H2,1-2H3,(H,26,27)/t20-/m0/s1. The number of benzene rings is 2. The zero-order valence-electron chi connectivity index (χ0n) is 18.4. The number of ketones is 1. The van der Waals surface area contributed by atoms with E-state index < -0.39 is 34.4 Å². The number of aliphatic hydroxyl groups excluding tert-OH is 1. The Bertz CT molecular complexity index is 1170. The van der Waals surface area contributed by atoms with Crippen molar-refractivity contribution in [2.75, 3.05) is 20.8 Å². The van der Waals surface area contributed by atoms with E-state index in [9.17, 15) is 29.6 Å². The first-order chi connectivity index (χ1) is 16.2. The topological polar surface area (TPSA) is 157 Å². The largest absolute Gasteiger partial charge is 0.507 e. The van der Waals surface area contributed by atoms with E-state index in [1.165, 1.54) is 43.4 Å². The summed E-state index contributed by atoms with van der Waals surface area (Å²) in [6, 6.07) is 8.54. The van der Waals surface area contributed by atoms with Crippen molar-refractivity contribution in [1.29, 1.82) is 0 Å². The molecule has 3 rings (SSSR count). The van der Waals surface area contributed by atoms with Crippen LogP contribution in [0.4, 0.5) is 5.69 Å². The second-order valence-electron chi connectivity index (χ2n) is 7.40. The Morgan fingerprint density at radius 2 is 1.76 bits per heavy atom. The maximum absolute atomic E-state index is 13.0. The Kier molecular flexibility index (Phi) is 7.15. The zero-order chi connectivity index (χ0) is 25.0. The monoisotopic (exact) mass is 470 g/mol. The summed E-state index contributed by atoms with van der Waals surface area (Å²) in [6.45, 7) is -0.0617. The molecule has 0 aliphatic carbocycles. The molecule has 11 heteroatoms. The van der Waals surface area contributed by atoms with Crippen LogP contribution in [0.25, 0.3) is 5.76 Å². The summed E-state index contributed by atoms with van der Waals surface area (Å²) >= 11 is 0. The average Bonchev–Trinajstić information content (AvgIpc) is 3.07. The van der Waals surface area contributed by atoms with Gasteiger partial charge in [0.15, 0.2) is 0 Å². The van der Waals surface area contributed by atoms with Crippen LogP contribution in [0.5, 0.6) is 11.5 Å². The number of non-ortho nitro benzene ring substituents is 1. The number of hydrogen-bond acceptors (Lipinski definition) is 8. The number of carbonyl (C=O) groups is 3. The molecule has 11 nitrogen and oxygen atoms in total. The molecule has 0 saturated carbocycles. The molecule has 1 aliphatic rings. The molecule has 178 valence electrons. The van der Waals surface area contributed by atoms with Crippen molar-refractivity contribution < 1.29 is 39.0 Å². The third-order valence-electron chi connectivity index (χ3n) is 5.42. The average molecular weight is 470 g/mol. The van der Waals surface area contributed by atoms with Gasteiger partial charge in [-0.25, -0.2) is 0 Å². The normalized spacial score (nSPS) is 17.0. The molecular weight excluding hydrogens is 448 g/mol. The zero-order valence-corrected chi connectivity index (χ0v) is 18.4. The Hall–Kier alpha value is -4.41. The summed E-state index contributed by atoms with van der Waals surface area (Å²) in [5.41, 5.74) is 0.0320. The van der Waals surface area contributed by atoms with Gasteiger partial charge in [-0.05, 0) is 30.7 Å². The van der Waals surface area contributed by atoms with E-state index in [0.717, 1.165) is 0 Å². The van der Waals surface area contributed by atoms with Crippen molar-refractivity contribution in [3.8, 4) is 11.5 Å². The molecule has 1 atom stereocenters. The highest BCUT2D eigenvalue weighted by molar-refractivity contribution is 6.46. The van der Waals surface area contributed by atoms with Crippen LogP contribution in [0.2, 0.25) is 0 Å². The molecule has 34 heavy (non-hydrogen) atoms. The number of aliphatic hydroxyl groups is 1. The van der Waals surface area contributed by atoms with Gasteiger partial charge in [0, 0.05) is 42.3 Å². The van der Waals surface area contributed by atoms with Gasteiger partial charge in [0.1, 0.15) is 17.3 Å². The lowest BCUT2D eigenvalue weighted by Crippen LogP contribution is -2.31. The molecule has 0 spiro atoms. The number of amides is 1. The first-order valence-electron chi connectivity index (χ1n) is 10.2. The van der Waals surface area contributed by atoms with Gasteiger partial charge in [-0.2, -0.15) is 0 Å². The van der Waals surface area contributed by atoms with Crippen molar-refractivity contribution >= 4 is 29.1 Å². The van der Waals surface area contributed by atoms with Crippen LogP contribution in [-0.4, -0.2) is 58.5 Å². The summed E-state index contributed by atoms with van der Waals surface area (Å²) in [6.07, 6.45) is -0.146. The van der Waals surface area contributed by atoms with Crippen LogP contribution >= 0.6 is 0 Å². The number of methoxy groups -OCH3 is 2. The number of ether oxygens (including phenoxy) is 2. The van der Waals surface area contributed by atoms with E-state index in [1.807, 2.05) is 0 Å². The van der Waals surface area contributed by atoms with Crippen molar-refractivity contribution in [3.05, 3.63) is 69.3 Å². The quantitative estimate of drug-likeness (QED) is 0.185. The third-order valence-corrected chi connectivity index (χ3v) is 5.42. The van der Waals surface area contributed by atoms with Crippen molar-refractivity contribution in [3.63, 3.8) is 0 Å². The fourth-order valence-corrected chi connectivity index (χ4v) is 3.78. The summed E-state index contributed by atoms with van der Waals surface area (Å²) in [5, 5.41) is 30.9. The number of nitrogens with zero attached hydrogens (tertiary/aromatic N) is 2. The van der Waals surface area contributed by atoms with Gasteiger partial charge >= 0.3 is 5.97 Å². The fourth-order valence-electron chi connectivity index (χ4n) is 3.78. The number of hydrogen-bond donors (Lipinski definition) is 2. The lowest BCUT2D eigenvalue weighted by molar-refractivity contribution is -0.384. The van der Waals surface area contributed by atoms with Crippen LogP contribution in [0, 0.1) is 10.1 Å². The highest BCUT2D eigenvalue weighted by atomic mass is 16.6. The summed E-state index contributed by atoms with van der Waals surface area (Å²) < 4.78 is 10.6. The van der Waals surface area contributed by atoms with Gasteiger partial charge in [0.25, 0.3) is 17.4 Å². The van der Waals surface area contributed by atoms with Crippen LogP contribution < -0.4 is 9.47 Å². The Labute approximate surface area is 194 Å². The highest BCUT2D eigenvalue weighted by Crippen LogP contribution is 2.43. The molecule has 1 saturated heterocycles. The smallest absolute Gasteiger partial charge is 0.303 e. The predicted octanol–water partition coefficient (Wildman–Crippen LogP) is 2.90. The van der Waals surface area contributed by atoms with Crippen LogP contribution in [-0.2, 0) is 14.4 Å². The molecule has 2 N–H and O–H groups in total. The highest BCUT2D eigenvalue weighted by Gasteiger charge is 2.47. The number of nitro groups is 1. The predicted molar refractivity (Wildman–Crippen MR) is 119 cm³/mol. The fraction of sp³-hybridized carbons (Fsp3) is 0.261. The second kappa shape index (κ2) is 10.0. The number of aliphatic carboxylic acids is 1. The number of Topliss-reactive ketones (excluding diaryl/α,β-unsaturated/α-hetero) is 1. The molecule has 0 bridgehead atoms. The second-order valence-corrected chi connectivity index (χ2v) is 7.40. The molecule has 2 aromatic rings. The van der Waals surface area contributed by atoms with E-state index >= 15 is 0 Å². The van der Waals surface area contributed by atoms with E-state index in [2.05, 4.69) is 0 Å². The van der Waals surface area contributed by atoms with Gasteiger partial charge in [0.05, 0.1) is 30.8 Å². The van der Waals surface area contributed by atoms with Gasteiger partial charge in [-0.3, -0.25) is 24.5 Å². The Morgan fingerprint density at radius 1 is 1.09 bits per heavy atom. The number of carboxylic acids is 1. The number of carboxylic acid groups (broad SMARTS) is 1. The molecule has 0 aromatic heterocycles. The summed E-state index contributed by atoms with van der Waals surface area (Å²) in [4.78, 5) is 48.4. The lowest BCUT2D eigenvalue weighted by atomic mass is 9.94. The van der Waals surface area contributed by atoms with E-state index in [-0.39, 0.29) is 42.0 Å². The molecule has 0 unspecified atom stereocenters. The van der Waals surface area contributed by atoms with Gasteiger partial charge in [-0.1, -0.05) is 0 Å². The van der Waals surface area contributed by atoms with Crippen molar-refractivity contribution in [1.82, 2.24) is 4.90 Å². The van der Waals surface area contributed by atoms with Gasteiger partial charge < -0.3 is 24.6 Å². The van der Waals surface area contributed by atoms with E-state index in [1.54, 1.807) is 18.2 Å². The Morgan fingerprint density at radius 3 is 2.32 bits per heavy atom. The van der Waals surface area contributed by atoms with Gasteiger partial charge in [-0.15, -0.1) is 0 Å². The maximum Gasteiger partial charge on any atom is 0.303 e. The lowest BCUT2D eigenvalue weighted by Gasteiger charge is -2.26. The number of nitro benzene ring substituents is 1. The first kappa shape index (κ1) is 24.2. The minimum atomic E-state index is -1.08. The number of likely N-dealkylation sites (tertiary alicyclic amines) is 1. The molecule has 2 aromatic carbocycles. The molecule has 0 radical (unpaired) electrons. The third kappa shape index (κ3) is 4.68. The van der Waals surface area contributed by atoms with Gasteiger partial charge in [0.2, 0.25) is 0 Å². The van der Waals surface area contributed by atoms with Crippen LogP contribution in [0.3, 0.4) is 0 Å². The SMILES string of the molecule is COc1ccc([C@H]2C(=C(O)c3ccc([N+](=O)[O-])cc3)C(=O)C(=O)N2CCCC(=O)O)c(OC)c1. The molecule has 1 aliphatic heterocycles. The number of carbonyl (C=O) groups excluding carboxylic acids is 2. The number of rotatable bonds is 9. The molecular formula is C23H22N2O9. The first-order valence-corrected chi connectivity index (χ1v) is 10.2. The van der Waals surface area contributed by atoms with E-state index in [0.29, 0.717) is 11.3 Å². The summed E-state index contributed by atoms with van der Waals surface area (Å²) in [7, 11) is 2.85. The molecule has 1 fully saturated rings. The maximum atomic E-state index is 13.0. The molecule has 1 heterocycles. The van der Waals surface area contributed by atoms with Crippen LogP contribution in [0.15, 0.2) is 48.0 Å². The van der Waals surface area contributed by atoms with Crippen molar-refractivity contribution in [2.24, 2.45) is 0 Å². The minimum absolute atomic E-state index is 0.0617. The van der Waals surface area contributed by atoms with Crippen molar-refractivity contribution in [2.45, 2.75) is 18.9 Å². The van der Waals surface area contributed by atoms with E-state index in [4.69, 9.17) is 14.6 Å². The Balaban J connectivity index is 2.17. The summed E-state index contributed by atoms with van der Waals surface area (Å²) in [5.74, 6) is -2.70. The van der Waals surface area contributed by atoms with Crippen LogP contribution in [0.1, 0.15) is 30.0 Å². The molecule has 1 amide bonds. The minimum Gasteiger partial charge on any atom is -0.507 e.